The summed E-state index contributed by atoms with van der Waals surface area (Å²) in [5.41, 5.74) is 0.703. The first-order valence-electron chi connectivity index (χ1n) is 12.5. The zero-order valence-corrected chi connectivity index (χ0v) is 22.5. The van der Waals surface area contributed by atoms with Crippen molar-refractivity contribution in [1.82, 2.24) is 0 Å². The Labute approximate surface area is 240 Å². The van der Waals surface area contributed by atoms with Crippen molar-refractivity contribution in [3.8, 4) is 33.8 Å². The number of ether oxygens (including phenoxy) is 2. The van der Waals surface area contributed by atoms with Crippen molar-refractivity contribution < 1.29 is 44.6 Å². The van der Waals surface area contributed by atoms with E-state index in [4.69, 9.17) is 11.6 Å². The lowest BCUT2D eigenvalue weighted by Gasteiger charge is -2.21. The zero-order chi connectivity index (χ0) is 30.6. The summed E-state index contributed by atoms with van der Waals surface area (Å²) in [5.74, 6) is -7.68. The highest BCUT2D eigenvalue weighted by molar-refractivity contribution is 6.31. The fourth-order valence-corrected chi connectivity index (χ4v) is 4.48. The van der Waals surface area contributed by atoms with Gasteiger partial charge in [-0.25, -0.2) is 26.3 Å². The van der Waals surface area contributed by atoms with Crippen molar-refractivity contribution >= 4 is 11.6 Å². The second kappa shape index (κ2) is 12.9. The first-order valence-corrected chi connectivity index (χ1v) is 12.8. The van der Waals surface area contributed by atoms with Gasteiger partial charge in [0, 0.05) is 23.8 Å². The zero-order valence-electron chi connectivity index (χ0n) is 21.7. The highest BCUT2D eigenvalue weighted by Gasteiger charge is 2.41. The van der Waals surface area contributed by atoms with E-state index >= 15 is 4.39 Å². The molecule has 0 radical (unpaired) electrons. The van der Waals surface area contributed by atoms with Gasteiger partial charge in [-0.2, -0.15) is 8.78 Å². The largest absolute Gasteiger partial charge is 0.459 e. The highest BCUT2D eigenvalue weighted by atomic mass is 35.5. The molecule has 0 amide bonds. The van der Waals surface area contributed by atoms with Crippen molar-refractivity contribution in [2.45, 2.75) is 32.3 Å². The predicted octanol–water partition coefficient (Wildman–Crippen LogP) is 10.5. The van der Waals surface area contributed by atoms with E-state index in [-0.39, 0.29) is 29.3 Å². The second-order valence-corrected chi connectivity index (χ2v) is 9.48. The molecule has 0 bridgehead atoms. The molecule has 2 nitrogen and oxygen atoms in total. The average Bonchev–Trinajstić information content (AvgIpc) is 2.89. The number of halogens is 9. The minimum atomic E-state index is -4.54. The molecule has 0 fully saturated rings. The molecule has 4 aromatic carbocycles. The molecule has 11 heteroatoms. The van der Waals surface area contributed by atoms with Gasteiger partial charge < -0.3 is 9.47 Å². The molecule has 42 heavy (non-hydrogen) atoms. The summed E-state index contributed by atoms with van der Waals surface area (Å²) in [6, 6.07) is 13.8. The fourth-order valence-electron chi connectivity index (χ4n) is 4.16. The van der Waals surface area contributed by atoms with Crippen molar-refractivity contribution in [1.29, 1.82) is 0 Å². The van der Waals surface area contributed by atoms with Crippen LogP contribution >= 0.6 is 11.6 Å². The summed E-state index contributed by atoms with van der Waals surface area (Å²) < 4.78 is 121. The van der Waals surface area contributed by atoms with Gasteiger partial charge in [0.1, 0.15) is 22.9 Å². The van der Waals surface area contributed by atoms with Crippen LogP contribution in [-0.2, 0) is 12.5 Å². The van der Waals surface area contributed by atoms with Gasteiger partial charge in [0.05, 0.1) is 11.3 Å². The Bertz CT molecular complexity index is 1560. The highest BCUT2D eigenvalue weighted by Crippen LogP contribution is 2.41. The summed E-state index contributed by atoms with van der Waals surface area (Å²) in [5, 5.41) is -0.844. The first kappa shape index (κ1) is 30.9. The number of allylic oxidation sites excluding steroid dienone is 1. The van der Waals surface area contributed by atoms with Crippen molar-refractivity contribution in [3.05, 3.63) is 118 Å². The van der Waals surface area contributed by atoms with E-state index in [2.05, 4.69) is 16.4 Å². The Morgan fingerprint density at radius 3 is 1.98 bits per heavy atom. The maximum Gasteiger partial charge on any atom is 0.431 e. The van der Waals surface area contributed by atoms with Crippen LogP contribution in [-0.4, -0.2) is 6.43 Å². The summed E-state index contributed by atoms with van der Waals surface area (Å²) in [6.07, 6.45) is -5.12. The van der Waals surface area contributed by atoms with Crippen LogP contribution in [0.5, 0.6) is 11.5 Å². The molecule has 4 aromatic rings. The van der Waals surface area contributed by atoms with Gasteiger partial charge in [-0.1, -0.05) is 61.3 Å². The predicted molar refractivity (Wildman–Crippen MR) is 143 cm³/mol. The maximum absolute atomic E-state index is 15.1. The van der Waals surface area contributed by atoms with Crippen LogP contribution < -0.4 is 9.47 Å². The summed E-state index contributed by atoms with van der Waals surface area (Å²) in [4.78, 5) is 0. The lowest BCUT2D eigenvalue weighted by Crippen LogP contribution is -2.24. The van der Waals surface area contributed by atoms with Gasteiger partial charge >= 0.3 is 6.11 Å². The molecule has 0 N–H and O–H groups in total. The number of aryl methyl sites for hydroxylation is 1. The molecule has 0 saturated carbocycles. The third kappa shape index (κ3) is 7.05. The molecule has 0 aromatic heterocycles. The summed E-state index contributed by atoms with van der Waals surface area (Å²) in [7, 11) is 0. The van der Waals surface area contributed by atoms with Crippen molar-refractivity contribution in [3.63, 3.8) is 0 Å². The second-order valence-electron chi connectivity index (χ2n) is 9.07. The molecule has 0 aliphatic carbocycles. The fraction of sp³-hybridized carbons (Fsp3) is 0.161. The van der Waals surface area contributed by atoms with E-state index in [1.54, 1.807) is 6.07 Å². The standard InChI is InChI=1S/C31H21ClF8O2/c1-2-3-17-4-6-18(7-5-17)19-8-9-22(24(33)13-19)20-12-23(32)29(25(34)14-20)31(39,40)42-21-15-26(35)30(27(36)16-21)41-11-10-28(37)38/h4-16,28H,2-3H2,1H3. The summed E-state index contributed by atoms with van der Waals surface area (Å²) >= 11 is 5.97. The lowest BCUT2D eigenvalue weighted by atomic mass is 9.97. The monoisotopic (exact) mass is 612 g/mol. The van der Waals surface area contributed by atoms with Crippen molar-refractivity contribution in [2.75, 3.05) is 0 Å². The lowest BCUT2D eigenvalue weighted by molar-refractivity contribution is -0.187. The number of alkyl halides is 4. The number of hydrogen-bond acceptors (Lipinski definition) is 2. The van der Waals surface area contributed by atoms with Crippen LogP contribution in [0.15, 0.2) is 79.1 Å². The molecule has 0 aliphatic rings. The van der Waals surface area contributed by atoms with Gasteiger partial charge in [0.25, 0.3) is 6.43 Å². The van der Waals surface area contributed by atoms with Crippen LogP contribution in [0.3, 0.4) is 0 Å². The SMILES string of the molecule is CCCc1ccc(-c2ccc(-c3cc(F)c(C(F)(F)Oc4cc(F)c(OC=CC(F)F)c(F)c4)c(Cl)c3)c(F)c2)cc1. The van der Waals surface area contributed by atoms with E-state index < -0.39 is 57.9 Å². The topological polar surface area (TPSA) is 18.5 Å². The van der Waals surface area contributed by atoms with E-state index in [9.17, 15) is 30.7 Å². The number of rotatable bonds is 10. The molecule has 0 aliphatic heterocycles. The van der Waals surface area contributed by atoms with Crippen LogP contribution in [0.1, 0.15) is 24.5 Å². The van der Waals surface area contributed by atoms with Crippen LogP contribution in [0, 0.1) is 23.3 Å². The average molecular weight is 613 g/mol. The van der Waals surface area contributed by atoms with Gasteiger partial charge in [-0.05, 0) is 46.9 Å². The molecule has 220 valence electrons. The maximum atomic E-state index is 15.1. The number of benzene rings is 4. The first-order chi connectivity index (χ1) is 19.9. The Morgan fingerprint density at radius 1 is 0.786 bits per heavy atom. The van der Waals surface area contributed by atoms with Gasteiger partial charge in [-0.3, -0.25) is 0 Å². The quantitative estimate of drug-likeness (QED) is 0.131. The molecule has 0 unspecified atom stereocenters. The third-order valence-electron chi connectivity index (χ3n) is 6.07. The molecule has 0 atom stereocenters. The minimum absolute atomic E-state index is 0.112. The Balaban J connectivity index is 1.58. The molecule has 4 rings (SSSR count). The van der Waals surface area contributed by atoms with Gasteiger partial charge in [-0.15, -0.1) is 0 Å². The van der Waals surface area contributed by atoms with Crippen LogP contribution in [0.25, 0.3) is 22.3 Å². The van der Waals surface area contributed by atoms with Crippen LogP contribution in [0.4, 0.5) is 35.1 Å². The van der Waals surface area contributed by atoms with Gasteiger partial charge in [0.2, 0.25) is 0 Å². The molecule has 0 saturated heterocycles. The summed E-state index contributed by atoms with van der Waals surface area (Å²) in [6.45, 7) is 2.05. The molecular formula is C31H21ClF8O2. The van der Waals surface area contributed by atoms with Gasteiger partial charge in [0.15, 0.2) is 17.4 Å². The normalized spacial score (nSPS) is 11.9. The minimum Gasteiger partial charge on any atom is -0.459 e. The number of hydrogen-bond donors (Lipinski definition) is 0. The molecule has 0 spiro atoms. The third-order valence-corrected chi connectivity index (χ3v) is 6.37. The molecular weight excluding hydrogens is 592 g/mol. The van der Waals surface area contributed by atoms with E-state index in [1.807, 2.05) is 24.3 Å². The Kier molecular flexibility index (Phi) is 9.46. The Hall–Kier alpha value is -4.05. The van der Waals surface area contributed by atoms with E-state index in [1.165, 1.54) is 12.1 Å². The van der Waals surface area contributed by atoms with Crippen LogP contribution in [0.2, 0.25) is 5.02 Å². The Morgan fingerprint density at radius 2 is 1.40 bits per heavy atom. The smallest absolute Gasteiger partial charge is 0.431 e. The van der Waals surface area contributed by atoms with E-state index in [0.717, 1.165) is 30.0 Å². The molecule has 0 heterocycles. The van der Waals surface area contributed by atoms with Crippen molar-refractivity contribution in [2.24, 2.45) is 0 Å². The van der Waals surface area contributed by atoms with E-state index in [0.29, 0.717) is 17.9 Å².